The molecule has 1 aliphatic rings. The van der Waals surface area contributed by atoms with Crippen LogP contribution >= 0.6 is 0 Å². The summed E-state index contributed by atoms with van der Waals surface area (Å²) in [5, 5.41) is 3.65. The highest BCUT2D eigenvalue weighted by molar-refractivity contribution is 4.85. The van der Waals surface area contributed by atoms with Crippen LogP contribution in [0.4, 0.5) is 0 Å². The fourth-order valence-electron chi connectivity index (χ4n) is 3.07. The van der Waals surface area contributed by atoms with Crippen LogP contribution in [-0.2, 0) is 0 Å². The lowest BCUT2D eigenvalue weighted by atomic mass is 9.79. The van der Waals surface area contributed by atoms with Crippen LogP contribution in [0.2, 0.25) is 0 Å². The topological polar surface area (TPSA) is 15.3 Å². The molecule has 0 saturated heterocycles. The van der Waals surface area contributed by atoms with Gasteiger partial charge < -0.3 is 10.2 Å². The molecule has 0 amide bonds. The number of hydrogen-bond donors (Lipinski definition) is 1. The fourth-order valence-corrected chi connectivity index (χ4v) is 3.07. The smallest absolute Gasteiger partial charge is 0.00440 e. The second-order valence-electron chi connectivity index (χ2n) is 5.83. The second-order valence-corrected chi connectivity index (χ2v) is 5.83. The minimum atomic E-state index is 0.551. The van der Waals surface area contributed by atoms with Crippen LogP contribution in [0, 0.1) is 5.41 Å². The van der Waals surface area contributed by atoms with Gasteiger partial charge in [0.2, 0.25) is 0 Å². The molecule has 1 rings (SSSR count). The van der Waals surface area contributed by atoms with Crippen LogP contribution in [0.15, 0.2) is 0 Å². The normalized spacial score (nSPS) is 21.0. The Morgan fingerprint density at radius 2 is 1.69 bits per heavy atom. The van der Waals surface area contributed by atoms with Gasteiger partial charge in [-0.25, -0.2) is 0 Å². The van der Waals surface area contributed by atoms with Crippen molar-refractivity contribution < 1.29 is 0 Å². The van der Waals surface area contributed by atoms with Gasteiger partial charge in [-0.15, -0.1) is 0 Å². The van der Waals surface area contributed by atoms with Crippen molar-refractivity contribution in [2.45, 2.75) is 51.9 Å². The van der Waals surface area contributed by atoms with E-state index in [-0.39, 0.29) is 0 Å². The van der Waals surface area contributed by atoms with Gasteiger partial charge in [0.25, 0.3) is 0 Å². The number of nitrogens with one attached hydrogen (secondary N) is 1. The summed E-state index contributed by atoms with van der Waals surface area (Å²) in [6, 6.07) is 0. The summed E-state index contributed by atoms with van der Waals surface area (Å²) in [6.45, 7) is 5.90. The van der Waals surface area contributed by atoms with Crippen LogP contribution in [0.5, 0.6) is 0 Å². The Morgan fingerprint density at radius 1 is 1.06 bits per heavy atom. The van der Waals surface area contributed by atoms with E-state index in [0.717, 1.165) is 0 Å². The van der Waals surface area contributed by atoms with Crippen molar-refractivity contribution in [2.24, 2.45) is 5.41 Å². The minimum Gasteiger partial charge on any atom is -0.316 e. The van der Waals surface area contributed by atoms with Crippen LogP contribution < -0.4 is 5.32 Å². The van der Waals surface area contributed by atoms with Crippen molar-refractivity contribution in [3.05, 3.63) is 0 Å². The van der Waals surface area contributed by atoms with E-state index in [4.69, 9.17) is 0 Å². The Bertz CT molecular complexity index is 170. The van der Waals surface area contributed by atoms with E-state index in [1.54, 1.807) is 0 Å². The third-order valence-electron chi connectivity index (χ3n) is 3.74. The predicted molar refractivity (Wildman–Crippen MR) is 71.8 cm³/mol. The van der Waals surface area contributed by atoms with Gasteiger partial charge in [-0.3, -0.25) is 0 Å². The zero-order chi connectivity index (χ0) is 11.9. The molecule has 0 atom stereocenters. The van der Waals surface area contributed by atoms with E-state index in [0.29, 0.717) is 5.41 Å². The molecule has 0 radical (unpaired) electrons. The van der Waals surface area contributed by atoms with E-state index < -0.39 is 0 Å². The average molecular weight is 226 g/mol. The Balaban J connectivity index is 2.50. The summed E-state index contributed by atoms with van der Waals surface area (Å²) in [7, 11) is 4.43. The lowest BCUT2D eigenvalue weighted by Crippen LogP contribution is -2.42. The van der Waals surface area contributed by atoms with Gasteiger partial charge >= 0.3 is 0 Å². The van der Waals surface area contributed by atoms with Crippen LogP contribution in [0.3, 0.4) is 0 Å². The highest BCUT2D eigenvalue weighted by atomic mass is 15.1. The molecule has 16 heavy (non-hydrogen) atoms. The highest BCUT2D eigenvalue weighted by Gasteiger charge is 2.30. The summed E-state index contributed by atoms with van der Waals surface area (Å²) in [5.74, 6) is 0. The maximum absolute atomic E-state index is 3.65. The molecule has 1 fully saturated rings. The third-order valence-corrected chi connectivity index (χ3v) is 3.74. The summed E-state index contributed by atoms with van der Waals surface area (Å²) in [6.07, 6.45) is 9.84. The summed E-state index contributed by atoms with van der Waals surface area (Å²) in [4.78, 5) is 2.37. The zero-order valence-electron chi connectivity index (χ0n) is 11.5. The molecule has 0 unspecified atom stereocenters. The molecule has 0 spiro atoms. The average Bonchev–Trinajstić information content (AvgIpc) is 2.44. The Labute approximate surface area is 102 Å². The first-order valence-electron chi connectivity index (χ1n) is 7.04. The molecule has 0 aromatic rings. The molecule has 0 bridgehead atoms. The van der Waals surface area contributed by atoms with E-state index in [9.17, 15) is 0 Å². The molecule has 0 aromatic heterocycles. The molecule has 2 nitrogen and oxygen atoms in total. The highest BCUT2D eigenvalue weighted by Crippen LogP contribution is 2.35. The monoisotopic (exact) mass is 226 g/mol. The molecule has 1 N–H and O–H groups in total. The van der Waals surface area contributed by atoms with Crippen LogP contribution in [0.1, 0.15) is 51.9 Å². The molecule has 0 aromatic carbocycles. The van der Waals surface area contributed by atoms with Crippen molar-refractivity contribution in [1.29, 1.82) is 0 Å². The molecule has 0 aliphatic heterocycles. The largest absolute Gasteiger partial charge is 0.316 e. The molecular formula is C14H30N2. The number of hydrogen-bond acceptors (Lipinski definition) is 2. The lowest BCUT2D eigenvalue weighted by Gasteiger charge is -2.36. The maximum Gasteiger partial charge on any atom is 0.00440 e. The van der Waals surface area contributed by atoms with Gasteiger partial charge in [0.1, 0.15) is 0 Å². The third kappa shape index (κ3) is 4.84. The van der Waals surface area contributed by atoms with Gasteiger partial charge in [-0.05, 0) is 45.3 Å². The van der Waals surface area contributed by atoms with Gasteiger partial charge in [0.15, 0.2) is 0 Å². The first-order chi connectivity index (χ1) is 7.68. The van der Waals surface area contributed by atoms with Crippen molar-refractivity contribution in [3.63, 3.8) is 0 Å². The SMILES string of the molecule is CCCNCC1(CN(C)C)CCCCCC1. The molecule has 0 heterocycles. The van der Waals surface area contributed by atoms with Gasteiger partial charge in [-0.1, -0.05) is 32.6 Å². The molecule has 96 valence electrons. The van der Waals surface area contributed by atoms with Crippen molar-refractivity contribution in [3.8, 4) is 0 Å². The van der Waals surface area contributed by atoms with Crippen LogP contribution in [0.25, 0.3) is 0 Å². The molecule has 1 saturated carbocycles. The summed E-state index contributed by atoms with van der Waals surface area (Å²) in [5.41, 5.74) is 0.551. The molecular weight excluding hydrogens is 196 g/mol. The Hall–Kier alpha value is -0.0800. The quantitative estimate of drug-likeness (QED) is 0.553. The summed E-state index contributed by atoms with van der Waals surface area (Å²) < 4.78 is 0. The molecule has 2 heteroatoms. The standard InChI is InChI=1S/C14H30N2/c1-4-11-15-12-14(13-16(2)3)9-7-5-6-8-10-14/h15H,4-13H2,1-3H3. The first kappa shape index (κ1) is 14.0. The molecule has 1 aliphatic carbocycles. The van der Waals surface area contributed by atoms with Crippen molar-refractivity contribution >= 4 is 0 Å². The van der Waals surface area contributed by atoms with Crippen molar-refractivity contribution in [1.82, 2.24) is 10.2 Å². The van der Waals surface area contributed by atoms with Gasteiger partial charge in [0, 0.05) is 13.1 Å². The fraction of sp³-hybridized carbons (Fsp3) is 1.00. The van der Waals surface area contributed by atoms with E-state index >= 15 is 0 Å². The van der Waals surface area contributed by atoms with Crippen LogP contribution in [-0.4, -0.2) is 38.6 Å². The second kappa shape index (κ2) is 7.29. The Kier molecular flexibility index (Phi) is 6.37. The maximum atomic E-state index is 3.65. The Morgan fingerprint density at radius 3 is 2.19 bits per heavy atom. The van der Waals surface area contributed by atoms with Crippen molar-refractivity contribution in [2.75, 3.05) is 33.7 Å². The van der Waals surface area contributed by atoms with E-state index in [1.165, 1.54) is 64.6 Å². The van der Waals surface area contributed by atoms with E-state index in [2.05, 4.69) is 31.2 Å². The number of nitrogens with zero attached hydrogens (tertiary/aromatic N) is 1. The minimum absolute atomic E-state index is 0.551. The first-order valence-corrected chi connectivity index (χ1v) is 7.04. The summed E-state index contributed by atoms with van der Waals surface area (Å²) >= 11 is 0. The predicted octanol–water partition coefficient (Wildman–Crippen LogP) is 2.89. The van der Waals surface area contributed by atoms with E-state index in [1.807, 2.05) is 0 Å². The van der Waals surface area contributed by atoms with Gasteiger partial charge in [-0.2, -0.15) is 0 Å². The number of rotatable bonds is 6. The lowest BCUT2D eigenvalue weighted by molar-refractivity contribution is 0.164. The van der Waals surface area contributed by atoms with Gasteiger partial charge in [0.05, 0.1) is 0 Å². The zero-order valence-corrected chi connectivity index (χ0v) is 11.5.